The molecule has 0 atom stereocenters. The largest absolute Gasteiger partial charge is 0.399 e. The molecule has 0 heterocycles. The quantitative estimate of drug-likeness (QED) is 0.355. The maximum absolute atomic E-state index is 12.7. The van der Waals surface area contributed by atoms with E-state index in [0.717, 1.165) is 0 Å². The summed E-state index contributed by atoms with van der Waals surface area (Å²) in [6.07, 6.45) is 0. The van der Waals surface area contributed by atoms with E-state index in [4.69, 9.17) is 5.73 Å². The van der Waals surface area contributed by atoms with E-state index >= 15 is 0 Å². The van der Waals surface area contributed by atoms with Gasteiger partial charge in [-0.2, -0.15) is 12.6 Å². The highest BCUT2D eigenvalue weighted by Crippen LogP contribution is 2.09. The highest BCUT2D eigenvalue weighted by molar-refractivity contribution is 7.80. The van der Waals surface area contributed by atoms with Crippen molar-refractivity contribution in [2.45, 2.75) is 0 Å². The number of thiol groups is 1. The third kappa shape index (κ3) is 2.48. The van der Waals surface area contributed by atoms with E-state index < -0.39 is 0 Å². The van der Waals surface area contributed by atoms with Gasteiger partial charge in [-0.25, -0.2) is 4.39 Å². The summed E-state index contributed by atoms with van der Waals surface area (Å²) in [5.74, 6) is 5.53. The Bertz CT molecular complexity index is 318. The van der Waals surface area contributed by atoms with Crippen LogP contribution in [0.5, 0.6) is 0 Å². The van der Waals surface area contributed by atoms with Crippen LogP contribution in [0.4, 0.5) is 10.1 Å². The second-order valence-corrected chi connectivity index (χ2v) is 2.55. The van der Waals surface area contributed by atoms with Crippen LogP contribution in [0.1, 0.15) is 5.56 Å². The minimum Gasteiger partial charge on any atom is -0.399 e. The minimum absolute atomic E-state index is 0.363. The van der Waals surface area contributed by atoms with Crippen LogP contribution in [0, 0.1) is 17.7 Å². The Morgan fingerprint density at radius 1 is 1.42 bits per heavy atom. The van der Waals surface area contributed by atoms with E-state index in [-0.39, 0.29) is 5.82 Å². The molecule has 2 N–H and O–H groups in total. The van der Waals surface area contributed by atoms with Crippen molar-refractivity contribution in [1.29, 1.82) is 0 Å². The molecule has 12 heavy (non-hydrogen) atoms. The zero-order chi connectivity index (χ0) is 8.97. The number of benzene rings is 1. The molecule has 1 rings (SSSR count). The summed E-state index contributed by atoms with van der Waals surface area (Å²) < 4.78 is 12.7. The minimum atomic E-state index is -0.363. The number of anilines is 1. The van der Waals surface area contributed by atoms with Crippen LogP contribution in [0.15, 0.2) is 18.2 Å². The number of nitrogen functional groups attached to an aromatic ring is 1. The van der Waals surface area contributed by atoms with Crippen molar-refractivity contribution in [1.82, 2.24) is 0 Å². The molecule has 0 aliphatic carbocycles. The molecule has 62 valence electrons. The summed E-state index contributed by atoms with van der Waals surface area (Å²) in [5.41, 5.74) is 6.38. The number of nitrogens with two attached hydrogens (primary N) is 1. The topological polar surface area (TPSA) is 26.0 Å². The van der Waals surface area contributed by atoms with Gasteiger partial charge in [0.25, 0.3) is 0 Å². The SMILES string of the molecule is Nc1cc(F)cc(C#CCS)c1. The highest BCUT2D eigenvalue weighted by Gasteiger charge is 1.94. The number of halogens is 1. The van der Waals surface area contributed by atoms with Gasteiger partial charge in [0, 0.05) is 11.3 Å². The molecule has 0 fully saturated rings. The smallest absolute Gasteiger partial charge is 0.126 e. The first-order chi connectivity index (χ1) is 5.72. The van der Waals surface area contributed by atoms with E-state index in [0.29, 0.717) is 17.0 Å². The summed E-state index contributed by atoms with van der Waals surface area (Å²) in [6, 6.07) is 4.22. The number of hydrogen-bond acceptors (Lipinski definition) is 2. The van der Waals surface area contributed by atoms with Crippen LogP contribution in [0.25, 0.3) is 0 Å². The lowest BCUT2D eigenvalue weighted by Crippen LogP contribution is -1.87. The average Bonchev–Trinajstić information content (AvgIpc) is 1.99. The van der Waals surface area contributed by atoms with Crippen molar-refractivity contribution in [2.75, 3.05) is 11.5 Å². The van der Waals surface area contributed by atoms with E-state index in [1.165, 1.54) is 12.1 Å². The predicted octanol–water partition coefficient (Wildman–Crippen LogP) is 1.69. The Morgan fingerprint density at radius 3 is 2.75 bits per heavy atom. The first-order valence-electron chi connectivity index (χ1n) is 3.38. The zero-order valence-electron chi connectivity index (χ0n) is 6.34. The molecule has 0 aromatic heterocycles. The molecule has 0 bridgehead atoms. The molecule has 0 amide bonds. The van der Waals surface area contributed by atoms with Crippen molar-refractivity contribution in [2.24, 2.45) is 0 Å². The van der Waals surface area contributed by atoms with Gasteiger partial charge in [-0.3, -0.25) is 0 Å². The molecule has 0 spiro atoms. The van der Waals surface area contributed by atoms with E-state index in [1.54, 1.807) is 6.07 Å². The Balaban J connectivity index is 3.01. The zero-order valence-corrected chi connectivity index (χ0v) is 7.24. The van der Waals surface area contributed by atoms with Crippen molar-refractivity contribution >= 4 is 18.3 Å². The van der Waals surface area contributed by atoms with Gasteiger partial charge >= 0.3 is 0 Å². The lowest BCUT2D eigenvalue weighted by Gasteiger charge is -1.94. The van der Waals surface area contributed by atoms with Crippen molar-refractivity contribution < 1.29 is 4.39 Å². The van der Waals surface area contributed by atoms with Gasteiger partial charge in [-0.15, -0.1) is 0 Å². The summed E-state index contributed by atoms with van der Waals surface area (Å²) in [6.45, 7) is 0. The molecular weight excluding hydrogens is 173 g/mol. The molecule has 0 unspecified atom stereocenters. The maximum atomic E-state index is 12.7. The van der Waals surface area contributed by atoms with E-state index in [9.17, 15) is 4.39 Å². The lowest BCUT2D eigenvalue weighted by molar-refractivity contribution is 0.628. The van der Waals surface area contributed by atoms with Gasteiger partial charge in [0.2, 0.25) is 0 Å². The Labute approximate surface area is 76.2 Å². The van der Waals surface area contributed by atoms with Gasteiger partial charge in [0.05, 0.1) is 5.75 Å². The van der Waals surface area contributed by atoms with Crippen LogP contribution >= 0.6 is 12.6 Å². The average molecular weight is 181 g/mol. The van der Waals surface area contributed by atoms with E-state index in [1.807, 2.05) is 0 Å². The number of rotatable bonds is 0. The second kappa shape index (κ2) is 4.03. The standard InChI is InChI=1S/C9H8FNS/c10-8-4-7(2-1-3-12)5-9(11)6-8/h4-6,12H,3,11H2. The van der Waals surface area contributed by atoms with Gasteiger partial charge in [0.15, 0.2) is 0 Å². The maximum Gasteiger partial charge on any atom is 0.126 e. The normalized spacial score (nSPS) is 8.83. The van der Waals surface area contributed by atoms with Crippen LogP contribution in [-0.4, -0.2) is 5.75 Å². The molecule has 0 aliphatic rings. The van der Waals surface area contributed by atoms with Gasteiger partial charge < -0.3 is 5.73 Å². The molecular formula is C9H8FNS. The first kappa shape index (κ1) is 8.95. The molecule has 0 saturated carbocycles. The van der Waals surface area contributed by atoms with E-state index in [2.05, 4.69) is 24.5 Å². The first-order valence-corrected chi connectivity index (χ1v) is 4.01. The highest BCUT2D eigenvalue weighted by atomic mass is 32.1. The predicted molar refractivity (Wildman–Crippen MR) is 51.5 cm³/mol. The fraction of sp³-hybridized carbons (Fsp3) is 0.111. The molecule has 0 radical (unpaired) electrons. The molecule has 0 aliphatic heterocycles. The summed E-state index contributed by atoms with van der Waals surface area (Å²) in [4.78, 5) is 0. The van der Waals surface area contributed by atoms with Gasteiger partial charge in [0.1, 0.15) is 5.82 Å². The van der Waals surface area contributed by atoms with Crippen molar-refractivity contribution in [3.05, 3.63) is 29.6 Å². The summed E-state index contributed by atoms with van der Waals surface area (Å²) >= 11 is 3.90. The van der Waals surface area contributed by atoms with Crippen LogP contribution in [0.2, 0.25) is 0 Å². The third-order valence-electron chi connectivity index (χ3n) is 1.23. The van der Waals surface area contributed by atoms with Crippen molar-refractivity contribution in [3.8, 4) is 11.8 Å². The molecule has 1 nitrogen and oxygen atoms in total. The summed E-state index contributed by atoms with van der Waals surface area (Å²) in [5, 5.41) is 0. The Morgan fingerprint density at radius 2 is 2.17 bits per heavy atom. The molecule has 0 saturated heterocycles. The molecule has 3 heteroatoms. The summed E-state index contributed by atoms with van der Waals surface area (Å²) in [7, 11) is 0. The number of hydrogen-bond donors (Lipinski definition) is 2. The van der Waals surface area contributed by atoms with Gasteiger partial charge in [-0.1, -0.05) is 11.8 Å². The monoisotopic (exact) mass is 181 g/mol. The third-order valence-corrected chi connectivity index (χ3v) is 1.39. The fourth-order valence-electron chi connectivity index (χ4n) is 0.826. The van der Waals surface area contributed by atoms with Crippen LogP contribution in [-0.2, 0) is 0 Å². The molecule has 1 aromatic rings. The van der Waals surface area contributed by atoms with Gasteiger partial charge in [-0.05, 0) is 18.2 Å². The van der Waals surface area contributed by atoms with Crippen LogP contribution < -0.4 is 5.73 Å². The lowest BCUT2D eigenvalue weighted by atomic mass is 10.2. The second-order valence-electron chi connectivity index (χ2n) is 2.23. The van der Waals surface area contributed by atoms with Crippen molar-refractivity contribution in [3.63, 3.8) is 0 Å². The van der Waals surface area contributed by atoms with Crippen LogP contribution in [0.3, 0.4) is 0 Å². The molecule has 1 aromatic carbocycles. The Hall–Kier alpha value is -1.14. The Kier molecular flexibility index (Phi) is 3.01. The fourth-order valence-corrected chi connectivity index (χ4v) is 0.905.